The predicted octanol–water partition coefficient (Wildman–Crippen LogP) is 1.74. The van der Waals surface area contributed by atoms with Crippen LogP contribution in [0, 0.1) is 0 Å². The summed E-state index contributed by atoms with van der Waals surface area (Å²) in [6.45, 7) is 4.06. The highest BCUT2D eigenvalue weighted by molar-refractivity contribution is 5.95. The molecule has 0 spiro atoms. The largest absolute Gasteiger partial charge is 0.465 e. The lowest BCUT2D eigenvalue weighted by Crippen LogP contribution is -2.54. The number of ether oxygens (including phenoxy) is 1. The number of esters is 1. The molecule has 1 aliphatic rings. The van der Waals surface area contributed by atoms with Gasteiger partial charge in [-0.15, -0.1) is 0 Å². The van der Waals surface area contributed by atoms with Crippen molar-refractivity contribution in [2.75, 3.05) is 36.5 Å². The van der Waals surface area contributed by atoms with Gasteiger partial charge in [0.05, 0.1) is 29.7 Å². The number of piperazine rings is 1. The van der Waals surface area contributed by atoms with Gasteiger partial charge in [-0.2, -0.15) is 0 Å². The van der Waals surface area contributed by atoms with Gasteiger partial charge in [-0.1, -0.05) is 12.1 Å². The first-order valence-corrected chi connectivity index (χ1v) is 10.0. The lowest BCUT2D eigenvalue weighted by atomic mass is 10.1. The average Bonchev–Trinajstić information content (AvgIpc) is 2.81. The summed E-state index contributed by atoms with van der Waals surface area (Å²) in [5.41, 5.74) is 2.36. The van der Waals surface area contributed by atoms with Crippen molar-refractivity contribution in [1.82, 2.24) is 19.5 Å². The quantitative estimate of drug-likeness (QED) is 0.589. The maximum atomic E-state index is 12.6. The molecular weight excluding hydrogens is 396 g/mol. The van der Waals surface area contributed by atoms with Crippen molar-refractivity contribution in [3.8, 4) is 11.4 Å². The van der Waals surface area contributed by atoms with Gasteiger partial charge in [0.1, 0.15) is 6.33 Å². The summed E-state index contributed by atoms with van der Waals surface area (Å²) in [6, 6.07) is 10.7. The molecule has 0 N–H and O–H groups in total. The fraction of sp³-hybridized carbons (Fsp3) is 0.318. The molecule has 0 bridgehead atoms. The first kappa shape index (κ1) is 20.5. The normalized spacial score (nSPS) is 16.3. The minimum absolute atomic E-state index is 0.0539. The van der Waals surface area contributed by atoms with Crippen LogP contribution in [0.2, 0.25) is 0 Å². The molecule has 0 aliphatic carbocycles. The summed E-state index contributed by atoms with van der Waals surface area (Å²) in [6.07, 6.45) is 3.07. The molecular formula is C22H24N6O3. The van der Waals surface area contributed by atoms with Crippen LogP contribution in [0.1, 0.15) is 17.3 Å². The number of methoxy groups -OCH3 is 1. The Hall–Kier alpha value is -3.75. The summed E-state index contributed by atoms with van der Waals surface area (Å²) in [4.78, 5) is 42.0. The van der Waals surface area contributed by atoms with Crippen molar-refractivity contribution >= 4 is 17.6 Å². The number of para-hydroxylation sites is 1. The maximum absolute atomic E-state index is 12.6. The molecule has 9 nitrogen and oxygen atoms in total. The molecule has 4 rings (SSSR count). The summed E-state index contributed by atoms with van der Waals surface area (Å²) >= 11 is 0. The Morgan fingerprint density at radius 3 is 2.68 bits per heavy atom. The van der Waals surface area contributed by atoms with Gasteiger partial charge in [-0.05, 0) is 25.1 Å². The van der Waals surface area contributed by atoms with E-state index in [9.17, 15) is 9.59 Å². The number of carbonyl (C=O) groups is 1. The van der Waals surface area contributed by atoms with Crippen LogP contribution in [0.5, 0.6) is 0 Å². The fourth-order valence-corrected chi connectivity index (χ4v) is 3.86. The van der Waals surface area contributed by atoms with E-state index in [-0.39, 0.29) is 17.6 Å². The monoisotopic (exact) mass is 420 g/mol. The number of carbonyl (C=O) groups excluding carboxylic acids is 1. The van der Waals surface area contributed by atoms with Gasteiger partial charge < -0.3 is 14.5 Å². The van der Waals surface area contributed by atoms with Crippen LogP contribution in [-0.4, -0.2) is 58.3 Å². The minimum Gasteiger partial charge on any atom is -0.465 e. The van der Waals surface area contributed by atoms with Crippen LogP contribution in [0.15, 0.2) is 53.7 Å². The molecule has 0 amide bonds. The van der Waals surface area contributed by atoms with E-state index in [1.54, 1.807) is 29.9 Å². The molecule has 1 saturated heterocycles. The third kappa shape index (κ3) is 3.98. The Kier molecular flexibility index (Phi) is 5.66. The number of rotatable bonds is 4. The van der Waals surface area contributed by atoms with Gasteiger partial charge >= 0.3 is 5.97 Å². The number of aromatic nitrogens is 4. The van der Waals surface area contributed by atoms with E-state index in [1.807, 2.05) is 18.2 Å². The number of nitrogens with zero attached hydrogens (tertiary/aromatic N) is 6. The maximum Gasteiger partial charge on any atom is 0.339 e. The molecule has 31 heavy (non-hydrogen) atoms. The predicted molar refractivity (Wildman–Crippen MR) is 117 cm³/mol. The van der Waals surface area contributed by atoms with Gasteiger partial charge in [0, 0.05) is 45.0 Å². The minimum atomic E-state index is -0.354. The fourth-order valence-electron chi connectivity index (χ4n) is 3.86. The first-order valence-electron chi connectivity index (χ1n) is 10.0. The molecule has 1 fully saturated rings. The second kappa shape index (κ2) is 8.55. The van der Waals surface area contributed by atoms with Crippen molar-refractivity contribution < 1.29 is 9.53 Å². The zero-order valence-electron chi connectivity index (χ0n) is 17.7. The van der Waals surface area contributed by atoms with E-state index in [0.717, 1.165) is 5.69 Å². The lowest BCUT2D eigenvalue weighted by molar-refractivity contribution is 0.0601. The van der Waals surface area contributed by atoms with E-state index >= 15 is 0 Å². The summed E-state index contributed by atoms with van der Waals surface area (Å²) < 4.78 is 6.49. The van der Waals surface area contributed by atoms with Crippen LogP contribution in [0.3, 0.4) is 0 Å². The Labute approximate surface area is 180 Å². The zero-order chi connectivity index (χ0) is 22.0. The van der Waals surface area contributed by atoms with Gasteiger partial charge in [0.15, 0.2) is 0 Å². The van der Waals surface area contributed by atoms with Crippen LogP contribution in [0.25, 0.3) is 11.4 Å². The molecule has 0 unspecified atom stereocenters. The summed E-state index contributed by atoms with van der Waals surface area (Å²) in [7, 11) is 3.11. The van der Waals surface area contributed by atoms with Gasteiger partial charge in [-0.3, -0.25) is 9.36 Å². The molecule has 1 aromatic carbocycles. The molecule has 1 aliphatic heterocycles. The molecule has 9 heteroatoms. The van der Waals surface area contributed by atoms with E-state index in [2.05, 4.69) is 26.7 Å². The number of hydrogen-bond acceptors (Lipinski definition) is 8. The Morgan fingerprint density at radius 1 is 1.16 bits per heavy atom. The summed E-state index contributed by atoms with van der Waals surface area (Å²) in [5, 5.41) is 0. The molecule has 2 aromatic heterocycles. The van der Waals surface area contributed by atoms with Crippen molar-refractivity contribution in [1.29, 1.82) is 0 Å². The Morgan fingerprint density at radius 2 is 1.97 bits per heavy atom. The third-order valence-corrected chi connectivity index (χ3v) is 5.49. The van der Waals surface area contributed by atoms with Crippen LogP contribution < -0.4 is 15.4 Å². The van der Waals surface area contributed by atoms with Crippen LogP contribution in [0.4, 0.5) is 11.6 Å². The van der Waals surface area contributed by atoms with Crippen molar-refractivity contribution in [3.05, 3.63) is 64.8 Å². The van der Waals surface area contributed by atoms with Crippen LogP contribution in [-0.2, 0) is 11.8 Å². The molecule has 3 heterocycles. The number of hydrogen-bond donors (Lipinski definition) is 0. The molecule has 160 valence electrons. The summed E-state index contributed by atoms with van der Waals surface area (Å²) in [5.74, 6) is 0.238. The van der Waals surface area contributed by atoms with E-state index in [4.69, 9.17) is 9.72 Å². The zero-order valence-corrected chi connectivity index (χ0v) is 17.7. The van der Waals surface area contributed by atoms with E-state index < -0.39 is 0 Å². The smallest absolute Gasteiger partial charge is 0.339 e. The van der Waals surface area contributed by atoms with E-state index in [1.165, 1.54) is 19.5 Å². The van der Waals surface area contributed by atoms with Gasteiger partial charge in [0.2, 0.25) is 5.95 Å². The topological polar surface area (TPSA) is 93.5 Å². The standard InChI is InChI=1S/C22H24N6O3/c1-15-13-27(19-7-5-4-6-16(19)21(30)31-3)10-11-28(15)22-25-18(12-20(29)26(22)2)17-8-9-23-14-24-17/h4-9,12,14-15H,10-11,13H2,1-3H3/t15-/m1/s1. The average molecular weight is 420 g/mol. The number of anilines is 2. The van der Waals surface area contributed by atoms with Crippen molar-refractivity contribution in [3.63, 3.8) is 0 Å². The first-order chi connectivity index (χ1) is 15.0. The lowest BCUT2D eigenvalue weighted by Gasteiger charge is -2.42. The second-order valence-corrected chi connectivity index (χ2v) is 7.43. The van der Waals surface area contributed by atoms with E-state index in [0.29, 0.717) is 42.5 Å². The highest BCUT2D eigenvalue weighted by Crippen LogP contribution is 2.26. The molecule has 0 radical (unpaired) electrons. The molecule has 1 atom stereocenters. The SMILES string of the molecule is COC(=O)c1ccccc1N1CCN(c2nc(-c3ccncn3)cc(=O)n2C)[C@H](C)C1. The van der Waals surface area contributed by atoms with Gasteiger partial charge in [0.25, 0.3) is 5.56 Å². The highest BCUT2D eigenvalue weighted by atomic mass is 16.5. The van der Waals surface area contributed by atoms with Crippen LogP contribution >= 0.6 is 0 Å². The third-order valence-electron chi connectivity index (χ3n) is 5.49. The van der Waals surface area contributed by atoms with Crippen molar-refractivity contribution in [2.24, 2.45) is 7.05 Å². The Balaban J connectivity index is 1.63. The second-order valence-electron chi connectivity index (χ2n) is 7.43. The molecule has 3 aromatic rings. The highest BCUT2D eigenvalue weighted by Gasteiger charge is 2.29. The van der Waals surface area contributed by atoms with Gasteiger partial charge in [-0.25, -0.2) is 19.7 Å². The Bertz CT molecular complexity index is 1150. The number of benzene rings is 1. The van der Waals surface area contributed by atoms with Crippen molar-refractivity contribution in [2.45, 2.75) is 13.0 Å². The molecule has 0 saturated carbocycles.